The molecule has 0 fully saturated rings. The summed E-state index contributed by atoms with van der Waals surface area (Å²) in [6, 6.07) is 5.71. The number of anilines is 1. The summed E-state index contributed by atoms with van der Waals surface area (Å²) >= 11 is 0. The molecule has 0 bridgehead atoms. The predicted molar refractivity (Wildman–Crippen MR) is 64.8 cm³/mol. The Labute approximate surface area is 107 Å². The van der Waals surface area contributed by atoms with Crippen molar-refractivity contribution in [3.8, 4) is 0 Å². The van der Waals surface area contributed by atoms with E-state index in [1.807, 2.05) is 0 Å². The highest BCUT2D eigenvalue weighted by atomic mass is 19.2. The van der Waals surface area contributed by atoms with Crippen molar-refractivity contribution < 1.29 is 17.6 Å². The number of benzene rings is 2. The van der Waals surface area contributed by atoms with Crippen molar-refractivity contribution >= 4 is 5.69 Å². The van der Waals surface area contributed by atoms with Crippen molar-refractivity contribution in [3.63, 3.8) is 0 Å². The summed E-state index contributed by atoms with van der Waals surface area (Å²) < 4.78 is 52.4. The van der Waals surface area contributed by atoms with E-state index in [0.29, 0.717) is 17.3 Å². The molecule has 0 heterocycles. The van der Waals surface area contributed by atoms with Gasteiger partial charge < -0.3 is 5.32 Å². The molecule has 1 nitrogen and oxygen atoms in total. The molecule has 0 saturated carbocycles. The second-order valence-electron chi connectivity index (χ2n) is 4.12. The lowest BCUT2D eigenvalue weighted by Crippen LogP contribution is -2.05. The van der Waals surface area contributed by atoms with E-state index in [2.05, 4.69) is 5.32 Å². The van der Waals surface area contributed by atoms with E-state index >= 15 is 0 Å². The fourth-order valence-corrected chi connectivity index (χ4v) is 1.69. The van der Waals surface area contributed by atoms with Gasteiger partial charge in [-0.3, -0.25) is 0 Å². The van der Waals surface area contributed by atoms with Crippen molar-refractivity contribution in [2.75, 3.05) is 5.32 Å². The van der Waals surface area contributed by atoms with E-state index in [0.717, 1.165) is 6.07 Å². The zero-order chi connectivity index (χ0) is 14.0. The minimum atomic E-state index is -1.23. The van der Waals surface area contributed by atoms with Crippen LogP contribution in [0, 0.1) is 30.2 Å². The zero-order valence-electron chi connectivity index (χ0n) is 10.1. The average Bonchev–Trinajstić information content (AvgIpc) is 2.37. The highest BCUT2D eigenvalue weighted by molar-refractivity contribution is 5.51. The van der Waals surface area contributed by atoms with E-state index in [1.165, 1.54) is 12.1 Å². The minimum Gasteiger partial charge on any atom is -0.381 e. The fraction of sp³-hybridized carbons (Fsp3) is 0.143. The molecule has 19 heavy (non-hydrogen) atoms. The first-order valence-electron chi connectivity index (χ1n) is 5.61. The van der Waals surface area contributed by atoms with Crippen LogP contribution in [0.15, 0.2) is 30.3 Å². The van der Waals surface area contributed by atoms with Gasteiger partial charge in [-0.25, -0.2) is 17.6 Å². The summed E-state index contributed by atoms with van der Waals surface area (Å²) in [5.74, 6) is -3.59. The number of nitrogens with one attached hydrogen (secondary N) is 1. The Kier molecular flexibility index (Phi) is 3.74. The molecule has 0 aliphatic rings. The van der Waals surface area contributed by atoms with Crippen LogP contribution in [0.2, 0.25) is 0 Å². The van der Waals surface area contributed by atoms with Crippen LogP contribution >= 0.6 is 0 Å². The van der Waals surface area contributed by atoms with Crippen molar-refractivity contribution in [2.24, 2.45) is 0 Å². The number of hydrogen-bond acceptors (Lipinski definition) is 1. The molecule has 2 aromatic rings. The zero-order valence-corrected chi connectivity index (χ0v) is 10.1. The number of halogens is 4. The van der Waals surface area contributed by atoms with Crippen molar-refractivity contribution in [3.05, 3.63) is 64.7 Å². The maximum absolute atomic E-state index is 13.4. The van der Waals surface area contributed by atoms with E-state index < -0.39 is 23.3 Å². The van der Waals surface area contributed by atoms with Crippen LogP contribution in [0.3, 0.4) is 0 Å². The second-order valence-corrected chi connectivity index (χ2v) is 4.12. The van der Waals surface area contributed by atoms with Gasteiger partial charge in [0, 0.05) is 29.4 Å². The van der Waals surface area contributed by atoms with Gasteiger partial charge in [-0.05, 0) is 25.1 Å². The van der Waals surface area contributed by atoms with Gasteiger partial charge in [0.15, 0.2) is 11.6 Å². The first kappa shape index (κ1) is 13.4. The monoisotopic (exact) mass is 269 g/mol. The molecule has 0 amide bonds. The van der Waals surface area contributed by atoms with Gasteiger partial charge in [0.1, 0.15) is 11.6 Å². The molecule has 2 rings (SSSR count). The Bertz CT molecular complexity index is 611. The Morgan fingerprint density at radius 2 is 1.58 bits per heavy atom. The Balaban J connectivity index is 2.19. The molecular formula is C14H11F4N. The lowest BCUT2D eigenvalue weighted by Gasteiger charge is -2.11. The summed E-state index contributed by atoms with van der Waals surface area (Å²) in [6.45, 7) is 1.51. The molecule has 0 aromatic heterocycles. The third-order valence-electron chi connectivity index (χ3n) is 2.83. The molecule has 100 valence electrons. The van der Waals surface area contributed by atoms with Gasteiger partial charge in [0.05, 0.1) is 0 Å². The number of hydrogen-bond donors (Lipinski definition) is 1. The summed E-state index contributed by atoms with van der Waals surface area (Å²) in [5.41, 5.74) is 0.831. The summed E-state index contributed by atoms with van der Waals surface area (Å²) in [7, 11) is 0. The van der Waals surface area contributed by atoms with Gasteiger partial charge in [-0.15, -0.1) is 0 Å². The van der Waals surface area contributed by atoms with E-state index in [9.17, 15) is 17.6 Å². The van der Waals surface area contributed by atoms with E-state index in [-0.39, 0.29) is 12.1 Å². The topological polar surface area (TPSA) is 12.0 Å². The van der Waals surface area contributed by atoms with Crippen LogP contribution in [-0.4, -0.2) is 0 Å². The third kappa shape index (κ3) is 2.86. The van der Waals surface area contributed by atoms with Gasteiger partial charge >= 0.3 is 0 Å². The third-order valence-corrected chi connectivity index (χ3v) is 2.83. The molecule has 0 unspecified atom stereocenters. The summed E-state index contributed by atoms with van der Waals surface area (Å²) in [4.78, 5) is 0. The summed E-state index contributed by atoms with van der Waals surface area (Å²) in [6.07, 6.45) is 0. The van der Waals surface area contributed by atoms with Crippen LogP contribution in [0.1, 0.15) is 11.1 Å². The van der Waals surface area contributed by atoms with Crippen molar-refractivity contribution in [2.45, 2.75) is 13.5 Å². The molecule has 0 saturated heterocycles. The molecule has 0 atom stereocenters. The lowest BCUT2D eigenvalue weighted by atomic mass is 10.1. The van der Waals surface area contributed by atoms with Crippen molar-refractivity contribution in [1.29, 1.82) is 0 Å². The highest BCUT2D eigenvalue weighted by Crippen LogP contribution is 2.20. The van der Waals surface area contributed by atoms with E-state index in [4.69, 9.17) is 0 Å². The second kappa shape index (κ2) is 5.30. The first-order chi connectivity index (χ1) is 8.99. The molecule has 2 aromatic carbocycles. The molecule has 0 radical (unpaired) electrons. The summed E-state index contributed by atoms with van der Waals surface area (Å²) in [5, 5.41) is 2.79. The molecule has 5 heteroatoms. The maximum atomic E-state index is 13.4. The molecule has 0 aliphatic carbocycles. The minimum absolute atomic E-state index is 0.0254. The van der Waals surface area contributed by atoms with Crippen LogP contribution in [0.25, 0.3) is 0 Å². The molecule has 0 spiro atoms. The fourth-order valence-electron chi connectivity index (χ4n) is 1.69. The van der Waals surface area contributed by atoms with E-state index in [1.54, 1.807) is 13.0 Å². The Hall–Kier alpha value is -2.04. The van der Waals surface area contributed by atoms with Gasteiger partial charge in [-0.2, -0.15) is 0 Å². The lowest BCUT2D eigenvalue weighted by molar-refractivity contribution is 0.490. The highest BCUT2D eigenvalue weighted by Gasteiger charge is 2.10. The van der Waals surface area contributed by atoms with Gasteiger partial charge in [0.25, 0.3) is 0 Å². The van der Waals surface area contributed by atoms with Crippen LogP contribution in [-0.2, 0) is 6.54 Å². The SMILES string of the molecule is Cc1c(F)cccc1NCc1cc(F)c(F)cc1F. The van der Waals surface area contributed by atoms with Crippen molar-refractivity contribution in [1.82, 2.24) is 0 Å². The molecule has 1 N–H and O–H groups in total. The molecular weight excluding hydrogens is 258 g/mol. The van der Waals surface area contributed by atoms with Gasteiger partial charge in [0.2, 0.25) is 0 Å². The first-order valence-corrected chi connectivity index (χ1v) is 5.61. The Morgan fingerprint density at radius 3 is 2.32 bits per heavy atom. The number of rotatable bonds is 3. The van der Waals surface area contributed by atoms with Crippen LogP contribution < -0.4 is 5.32 Å². The predicted octanol–water partition coefficient (Wildman–Crippen LogP) is 4.16. The van der Waals surface area contributed by atoms with Gasteiger partial charge in [-0.1, -0.05) is 6.07 Å². The smallest absolute Gasteiger partial charge is 0.161 e. The molecule has 0 aliphatic heterocycles. The quantitative estimate of drug-likeness (QED) is 0.651. The Morgan fingerprint density at radius 1 is 0.895 bits per heavy atom. The normalized spacial score (nSPS) is 10.6. The largest absolute Gasteiger partial charge is 0.381 e. The standard InChI is InChI=1S/C14H11F4N/c1-8-10(15)3-2-4-14(8)19-7-9-5-12(17)13(18)6-11(9)16/h2-6,19H,7H2,1H3. The maximum Gasteiger partial charge on any atom is 0.161 e. The van der Waals surface area contributed by atoms with Crippen LogP contribution in [0.5, 0.6) is 0 Å². The average molecular weight is 269 g/mol. The van der Waals surface area contributed by atoms with Crippen LogP contribution in [0.4, 0.5) is 23.2 Å².